The lowest BCUT2D eigenvalue weighted by atomic mass is 9.96. The average Bonchev–Trinajstić information content (AvgIpc) is 3.90. The van der Waals surface area contributed by atoms with Gasteiger partial charge < -0.3 is 38.5 Å². The number of carbonyl (C=O) groups is 3. The Kier molecular flexibility index (Phi) is 18.7. The Labute approximate surface area is 450 Å². The molecule has 7 aromatic rings. The van der Waals surface area contributed by atoms with Crippen molar-refractivity contribution in [2.75, 3.05) is 13.2 Å². The summed E-state index contributed by atoms with van der Waals surface area (Å²) < 4.78 is 46.2. The van der Waals surface area contributed by atoms with Crippen molar-refractivity contribution in [3.05, 3.63) is 239 Å². The van der Waals surface area contributed by atoms with Gasteiger partial charge in [0.15, 0.2) is 6.23 Å². The van der Waals surface area contributed by atoms with Gasteiger partial charge in [0.25, 0.3) is 5.91 Å². The molecule has 13 heteroatoms. The van der Waals surface area contributed by atoms with Gasteiger partial charge in [0, 0.05) is 5.92 Å². The molecule has 1 aliphatic carbocycles. The minimum atomic E-state index is -1.54. The number of nitrogens with zero attached hydrogens (tertiary/aromatic N) is 1. The van der Waals surface area contributed by atoms with E-state index in [1.807, 2.05) is 200 Å². The lowest BCUT2D eigenvalue weighted by Crippen LogP contribution is -2.66. The van der Waals surface area contributed by atoms with Crippen LogP contribution in [0.2, 0.25) is 0 Å². The van der Waals surface area contributed by atoms with Crippen molar-refractivity contribution in [3.8, 4) is 11.1 Å². The Hall–Kier alpha value is -7.49. The van der Waals surface area contributed by atoms with Crippen molar-refractivity contribution in [1.29, 1.82) is 0 Å². The number of esters is 1. The molecule has 1 saturated heterocycles. The van der Waals surface area contributed by atoms with E-state index < -0.39 is 66.7 Å². The van der Waals surface area contributed by atoms with Crippen LogP contribution in [0.15, 0.2) is 200 Å². The van der Waals surface area contributed by atoms with E-state index in [2.05, 4.69) is 5.32 Å². The molecule has 2 amide bonds. The summed E-state index contributed by atoms with van der Waals surface area (Å²) in [5, 5.41) is 3.80. The van der Waals surface area contributed by atoms with Crippen molar-refractivity contribution in [2.45, 2.75) is 108 Å². The van der Waals surface area contributed by atoms with Crippen LogP contribution in [-0.2, 0) is 80.6 Å². The molecular formula is C64H66N2O11. The molecule has 77 heavy (non-hydrogen) atoms. The Balaban J connectivity index is 1.06. The number of carbonyl (C=O) groups excluding carboxylic acids is 3. The zero-order valence-electron chi connectivity index (χ0n) is 43.7. The fourth-order valence-corrected chi connectivity index (χ4v) is 9.57. The maximum Gasteiger partial charge on any atom is 0.407 e. The third kappa shape index (κ3) is 14.9. The van der Waals surface area contributed by atoms with E-state index in [9.17, 15) is 9.59 Å². The number of hydrogen-bond acceptors (Lipinski definition) is 11. The van der Waals surface area contributed by atoms with Gasteiger partial charge in [-0.25, -0.2) is 9.59 Å². The smallest absolute Gasteiger partial charge is 0.407 e. The van der Waals surface area contributed by atoms with Crippen LogP contribution in [0.5, 0.6) is 0 Å². The maximum absolute atomic E-state index is 15.5. The van der Waals surface area contributed by atoms with E-state index in [1.54, 1.807) is 20.8 Å². The molecule has 2 aliphatic rings. The van der Waals surface area contributed by atoms with E-state index in [-0.39, 0.29) is 52.2 Å². The standard InChI is InChI=1S/C64H66N2O11/c1-64(2,3)77-62(68)55(65-63(69)74-43-54-52-35-21-19-33-50(52)51-34-20-22-36-53(51)54)37-57(67)66(75-42-49-31-17-8-18-32-49)61-60(73-41-48-29-15-7-16-30-48)59(72-40-47-27-13-6-14-28-47)58(71-39-46-25-11-5-12-26-46)56(76-61)44-70-38-45-23-9-4-10-24-45/h4-36,54-56,58-61H,37-44H2,1-3H3,(H,65,69)/t55?,56-,58-,59+,60-,61+/m1/s1. The number of hydrogen-bond donors (Lipinski definition) is 1. The molecule has 9 rings (SSSR count). The van der Waals surface area contributed by atoms with Crippen molar-refractivity contribution < 1.29 is 52.4 Å². The largest absolute Gasteiger partial charge is 0.458 e. The molecule has 1 fully saturated rings. The predicted molar refractivity (Wildman–Crippen MR) is 290 cm³/mol. The molecule has 1 N–H and O–H groups in total. The lowest BCUT2D eigenvalue weighted by molar-refractivity contribution is -0.344. The highest BCUT2D eigenvalue weighted by Crippen LogP contribution is 2.44. The Morgan fingerprint density at radius 3 is 1.44 bits per heavy atom. The Morgan fingerprint density at radius 2 is 0.948 bits per heavy atom. The minimum Gasteiger partial charge on any atom is -0.458 e. The van der Waals surface area contributed by atoms with Crippen LogP contribution in [0, 0.1) is 0 Å². The molecule has 0 spiro atoms. The van der Waals surface area contributed by atoms with Crippen molar-refractivity contribution >= 4 is 18.0 Å². The second kappa shape index (κ2) is 26.5. The SMILES string of the molecule is CC(C)(C)OC(=O)C(CC(=O)N(OCc1ccccc1)[C@H]1O[C@H](COCc2ccccc2)[C@@H](OCc2ccccc2)[C@H](OCc2ccccc2)[C@H]1OCc1ccccc1)NC(=O)OCC1c2ccccc2-c2ccccc21. The molecular weight excluding hydrogens is 973 g/mol. The summed E-state index contributed by atoms with van der Waals surface area (Å²) in [4.78, 5) is 50.5. The zero-order valence-corrected chi connectivity index (χ0v) is 43.7. The van der Waals surface area contributed by atoms with Crippen LogP contribution in [0.3, 0.4) is 0 Å². The summed E-state index contributed by atoms with van der Waals surface area (Å²) in [6, 6.07) is 62.8. The maximum atomic E-state index is 15.5. The number of alkyl carbamates (subject to hydrolysis) is 1. The highest BCUT2D eigenvalue weighted by molar-refractivity contribution is 5.88. The molecule has 1 unspecified atom stereocenters. The average molecular weight is 1040 g/mol. The molecule has 0 radical (unpaired) electrons. The first kappa shape index (κ1) is 54.3. The highest BCUT2D eigenvalue weighted by Gasteiger charge is 2.52. The molecule has 13 nitrogen and oxygen atoms in total. The topological polar surface area (TPSA) is 140 Å². The van der Waals surface area contributed by atoms with E-state index in [4.69, 9.17) is 38.0 Å². The second-order valence-electron chi connectivity index (χ2n) is 20.1. The van der Waals surface area contributed by atoms with Gasteiger partial charge in [-0.1, -0.05) is 200 Å². The molecule has 7 aromatic carbocycles. The first-order valence-electron chi connectivity index (χ1n) is 26.1. The number of amides is 2. The number of nitrogens with one attached hydrogen (secondary N) is 1. The first-order chi connectivity index (χ1) is 37.6. The van der Waals surface area contributed by atoms with E-state index in [1.165, 1.54) is 0 Å². The van der Waals surface area contributed by atoms with Crippen LogP contribution < -0.4 is 5.32 Å². The fourth-order valence-electron chi connectivity index (χ4n) is 9.57. The molecule has 0 aromatic heterocycles. The summed E-state index contributed by atoms with van der Waals surface area (Å²) >= 11 is 0. The van der Waals surface area contributed by atoms with E-state index >= 15 is 4.79 Å². The number of fused-ring (bicyclic) bond motifs is 3. The van der Waals surface area contributed by atoms with E-state index in [0.29, 0.717) is 0 Å². The second-order valence-corrected chi connectivity index (χ2v) is 20.1. The number of ether oxygens (including phenoxy) is 7. The molecule has 0 saturated carbocycles. The van der Waals surface area contributed by atoms with Crippen LogP contribution in [0.25, 0.3) is 11.1 Å². The number of benzene rings is 7. The van der Waals surface area contributed by atoms with Crippen molar-refractivity contribution in [2.24, 2.45) is 0 Å². The highest BCUT2D eigenvalue weighted by atomic mass is 16.7. The van der Waals surface area contributed by atoms with Gasteiger partial charge >= 0.3 is 12.1 Å². The number of rotatable bonds is 23. The normalized spacial score (nSPS) is 18.4. The Bertz CT molecular complexity index is 2910. The van der Waals surface area contributed by atoms with Crippen LogP contribution in [0.4, 0.5) is 4.79 Å². The third-order valence-electron chi connectivity index (χ3n) is 13.3. The summed E-state index contributed by atoms with van der Waals surface area (Å²) in [7, 11) is 0. The quantitative estimate of drug-likeness (QED) is 0.0484. The van der Waals surface area contributed by atoms with Gasteiger partial charge in [-0.05, 0) is 70.8 Å². The van der Waals surface area contributed by atoms with Crippen molar-refractivity contribution in [1.82, 2.24) is 10.4 Å². The number of hydroxylamine groups is 2. The minimum absolute atomic E-state index is 0.00599. The van der Waals surface area contributed by atoms with Gasteiger partial charge in [-0.15, -0.1) is 0 Å². The van der Waals surface area contributed by atoms with Gasteiger partial charge in [-0.3, -0.25) is 9.63 Å². The summed E-state index contributed by atoms with van der Waals surface area (Å²) in [5.41, 5.74) is 7.53. The van der Waals surface area contributed by atoms with Gasteiger partial charge in [0.05, 0.1) is 39.5 Å². The molecule has 1 aliphatic heterocycles. The first-order valence-corrected chi connectivity index (χ1v) is 26.1. The van der Waals surface area contributed by atoms with Crippen LogP contribution in [-0.4, -0.2) is 78.5 Å². The lowest BCUT2D eigenvalue weighted by Gasteiger charge is -2.48. The van der Waals surface area contributed by atoms with Gasteiger partial charge in [0.2, 0.25) is 0 Å². The molecule has 6 atom stereocenters. The fraction of sp³-hybridized carbons (Fsp3) is 0.297. The Morgan fingerprint density at radius 1 is 0.519 bits per heavy atom. The summed E-state index contributed by atoms with van der Waals surface area (Å²) in [6.07, 6.45) is -6.64. The summed E-state index contributed by atoms with van der Waals surface area (Å²) in [5.74, 6) is -1.84. The van der Waals surface area contributed by atoms with Crippen LogP contribution >= 0.6 is 0 Å². The van der Waals surface area contributed by atoms with E-state index in [0.717, 1.165) is 55.1 Å². The predicted octanol–water partition coefficient (Wildman–Crippen LogP) is 11.3. The van der Waals surface area contributed by atoms with Crippen LogP contribution in [0.1, 0.15) is 72.1 Å². The molecule has 1 heterocycles. The van der Waals surface area contributed by atoms with Gasteiger partial charge in [0.1, 0.15) is 49.3 Å². The van der Waals surface area contributed by atoms with Gasteiger partial charge in [-0.2, -0.15) is 5.06 Å². The molecule has 398 valence electrons. The van der Waals surface area contributed by atoms with Crippen molar-refractivity contribution in [3.63, 3.8) is 0 Å². The summed E-state index contributed by atoms with van der Waals surface area (Å²) in [6.45, 7) is 5.71. The molecule has 0 bridgehead atoms. The zero-order chi connectivity index (χ0) is 53.4. The monoisotopic (exact) mass is 1040 g/mol. The third-order valence-corrected chi connectivity index (χ3v) is 13.3.